The maximum absolute atomic E-state index is 13.0. The van der Waals surface area contributed by atoms with Gasteiger partial charge in [0.25, 0.3) is 0 Å². The van der Waals surface area contributed by atoms with Crippen molar-refractivity contribution in [2.75, 3.05) is 5.01 Å². The van der Waals surface area contributed by atoms with E-state index in [4.69, 9.17) is 5.10 Å². The summed E-state index contributed by atoms with van der Waals surface area (Å²) < 4.78 is 0. The summed E-state index contributed by atoms with van der Waals surface area (Å²) in [6, 6.07) is 27.4. The van der Waals surface area contributed by atoms with Crippen LogP contribution in [0.3, 0.4) is 0 Å². The summed E-state index contributed by atoms with van der Waals surface area (Å²) in [5.41, 5.74) is 4.97. The summed E-state index contributed by atoms with van der Waals surface area (Å²) in [6.07, 6.45) is 1.86. The molecule has 0 spiro atoms. The number of rotatable bonds is 3. The normalized spacial score (nSPS) is 14.7. The highest BCUT2D eigenvalue weighted by Gasteiger charge is 2.23. The van der Waals surface area contributed by atoms with Gasteiger partial charge < -0.3 is 0 Å². The van der Waals surface area contributed by atoms with Crippen LogP contribution in [0.4, 0.5) is 11.4 Å². The zero-order valence-electron chi connectivity index (χ0n) is 14.5. The molecule has 0 bridgehead atoms. The number of benzene rings is 3. The van der Waals surface area contributed by atoms with Gasteiger partial charge in [-0.3, -0.25) is 4.79 Å². The van der Waals surface area contributed by atoms with Crippen molar-refractivity contribution in [2.24, 2.45) is 5.10 Å². The van der Waals surface area contributed by atoms with E-state index < -0.39 is 0 Å². The Hall–Kier alpha value is -3.46. The molecular formula is C23H18N2O. The summed E-state index contributed by atoms with van der Waals surface area (Å²) in [5.74, 6) is -0.0527. The molecule has 4 rings (SSSR count). The van der Waals surface area contributed by atoms with Gasteiger partial charge in [0.2, 0.25) is 5.78 Å². The van der Waals surface area contributed by atoms with Crippen LogP contribution in [0.15, 0.2) is 96.1 Å². The van der Waals surface area contributed by atoms with Crippen molar-refractivity contribution >= 4 is 28.4 Å². The monoisotopic (exact) mass is 338 g/mol. The molecule has 0 amide bonds. The van der Waals surface area contributed by atoms with Gasteiger partial charge >= 0.3 is 0 Å². The predicted octanol–water partition coefficient (Wildman–Crippen LogP) is 5.48. The molecule has 0 saturated heterocycles. The van der Waals surface area contributed by atoms with E-state index >= 15 is 0 Å². The summed E-state index contributed by atoms with van der Waals surface area (Å²) in [4.78, 5) is 13.0. The van der Waals surface area contributed by atoms with E-state index in [9.17, 15) is 4.79 Å². The summed E-state index contributed by atoms with van der Waals surface area (Å²) in [5, 5.41) is 6.54. The number of Topliss-reactive ketones (excluding diaryl/α,β-unsaturated/α-hetero) is 1. The van der Waals surface area contributed by atoms with E-state index in [-0.39, 0.29) is 5.78 Å². The third kappa shape index (κ3) is 2.95. The molecule has 26 heavy (non-hydrogen) atoms. The number of para-hydroxylation sites is 2. The minimum atomic E-state index is -0.0527. The topological polar surface area (TPSA) is 32.7 Å². The molecule has 0 heterocycles. The number of fused-ring (bicyclic) bond motifs is 1. The maximum atomic E-state index is 13.0. The first-order valence-electron chi connectivity index (χ1n) is 8.55. The van der Waals surface area contributed by atoms with Crippen LogP contribution in [0, 0.1) is 0 Å². The van der Waals surface area contributed by atoms with Gasteiger partial charge in [0.1, 0.15) is 5.71 Å². The van der Waals surface area contributed by atoms with Crippen LogP contribution in [0.1, 0.15) is 22.8 Å². The Balaban J connectivity index is 1.84. The summed E-state index contributed by atoms with van der Waals surface area (Å²) in [7, 11) is 0. The van der Waals surface area contributed by atoms with Gasteiger partial charge in [0.05, 0.1) is 11.4 Å². The fraction of sp³-hybridized carbons (Fsp3) is 0.0435. The number of carbonyl (C=O) groups is 1. The van der Waals surface area contributed by atoms with Gasteiger partial charge in [0.15, 0.2) is 0 Å². The summed E-state index contributed by atoms with van der Waals surface area (Å²) >= 11 is 0. The standard InChI is InChI=1S/C23H18N2O/c1-17-16-22(23(26)21-15-9-8-14-20(17)21)24-25(18-10-4-2-5-11-18)19-12-6-3-7-13-19/h2-16H,1H3/b24-22+. The average Bonchev–Trinajstić information content (AvgIpc) is 2.71. The molecule has 1 aliphatic rings. The van der Waals surface area contributed by atoms with Crippen molar-refractivity contribution < 1.29 is 4.79 Å². The number of hydrogen-bond donors (Lipinski definition) is 0. The highest BCUT2D eigenvalue weighted by Crippen LogP contribution is 2.28. The Morgan fingerprint density at radius 1 is 0.692 bits per heavy atom. The fourth-order valence-electron chi connectivity index (χ4n) is 3.10. The Morgan fingerprint density at radius 3 is 1.77 bits per heavy atom. The first kappa shape index (κ1) is 16.0. The molecule has 0 unspecified atom stereocenters. The zero-order chi connectivity index (χ0) is 17.9. The quantitative estimate of drug-likeness (QED) is 0.592. The molecule has 3 aromatic carbocycles. The minimum absolute atomic E-state index is 0.0527. The van der Waals surface area contributed by atoms with Crippen LogP contribution in [-0.4, -0.2) is 11.5 Å². The lowest BCUT2D eigenvalue weighted by atomic mass is 9.90. The lowest BCUT2D eigenvalue weighted by Crippen LogP contribution is -2.22. The number of nitrogens with zero attached hydrogens (tertiary/aromatic N) is 2. The van der Waals surface area contributed by atoms with Gasteiger partial charge in [-0.1, -0.05) is 60.7 Å². The van der Waals surface area contributed by atoms with Gasteiger partial charge in [-0.25, -0.2) is 5.01 Å². The second-order valence-electron chi connectivity index (χ2n) is 6.17. The third-order valence-corrected chi connectivity index (χ3v) is 4.39. The Labute approximate surface area is 152 Å². The van der Waals surface area contributed by atoms with Crippen LogP contribution in [0.2, 0.25) is 0 Å². The lowest BCUT2D eigenvalue weighted by Gasteiger charge is -2.22. The van der Waals surface area contributed by atoms with Crippen LogP contribution in [0.25, 0.3) is 5.57 Å². The highest BCUT2D eigenvalue weighted by molar-refractivity contribution is 6.52. The Morgan fingerprint density at radius 2 is 1.19 bits per heavy atom. The van der Waals surface area contributed by atoms with Crippen molar-refractivity contribution in [3.8, 4) is 0 Å². The van der Waals surface area contributed by atoms with Gasteiger partial charge in [-0.05, 0) is 48.4 Å². The molecule has 0 atom stereocenters. The van der Waals surface area contributed by atoms with E-state index in [1.54, 1.807) is 0 Å². The van der Waals surface area contributed by atoms with Crippen LogP contribution in [0.5, 0.6) is 0 Å². The predicted molar refractivity (Wildman–Crippen MR) is 107 cm³/mol. The van der Waals surface area contributed by atoms with E-state index in [0.29, 0.717) is 11.3 Å². The van der Waals surface area contributed by atoms with Crippen LogP contribution < -0.4 is 5.01 Å². The Kier molecular flexibility index (Phi) is 4.20. The fourth-order valence-corrected chi connectivity index (χ4v) is 3.10. The minimum Gasteiger partial charge on any atom is -0.287 e. The largest absolute Gasteiger partial charge is 0.287 e. The molecule has 3 aromatic rings. The van der Waals surface area contributed by atoms with Gasteiger partial charge in [0, 0.05) is 5.56 Å². The van der Waals surface area contributed by atoms with Crippen molar-refractivity contribution in [3.05, 3.63) is 102 Å². The second-order valence-corrected chi connectivity index (χ2v) is 6.17. The SMILES string of the molecule is CC1=C/C(=N\N(c2ccccc2)c2ccccc2)C(=O)c2ccccc21. The first-order chi connectivity index (χ1) is 12.7. The summed E-state index contributed by atoms with van der Waals surface area (Å²) in [6.45, 7) is 2.01. The molecule has 0 aromatic heterocycles. The molecule has 1 aliphatic carbocycles. The average molecular weight is 338 g/mol. The van der Waals surface area contributed by atoms with Crippen LogP contribution in [-0.2, 0) is 0 Å². The van der Waals surface area contributed by atoms with Gasteiger partial charge in [-0.15, -0.1) is 0 Å². The van der Waals surface area contributed by atoms with Crippen LogP contribution >= 0.6 is 0 Å². The van der Waals surface area contributed by atoms with Crippen molar-refractivity contribution in [1.29, 1.82) is 0 Å². The molecule has 0 N–H and O–H groups in total. The maximum Gasteiger partial charge on any atom is 0.213 e. The number of anilines is 2. The number of allylic oxidation sites excluding steroid dienone is 2. The smallest absolute Gasteiger partial charge is 0.213 e. The Bertz CT molecular complexity index is 965. The number of hydrazone groups is 1. The third-order valence-electron chi connectivity index (χ3n) is 4.39. The van der Waals surface area contributed by atoms with E-state index in [1.165, 1.54) is 0 Å². The molecule has 0 aliphatic heterocycles. The second kappa shape index (κ2) is 6.81. The lowest BCUT2D eigenvalue weighted by molar-refractivity contribution is 0.106. The number of hydrogen-bond acceptors (Lipinski definition) is 3. The van der Waals surface area contributed by atoms with Gasteiger partial charge in [-0.2, -0.15) is 5.10 Å². The van der Waals surface area contributed by atoms with E-state index in [0.717, 1.165) is 22.5 Å². The molecule has 3 nitrogen and oxygen atoms in total. The zero-order valence-corrected chi connectivity index (χ0v) is 14.5. The molecule has 0 saturated carbocycles. The molecule has 3 heteroatoms. The molecule has 0 fully saturated rings. The van der Waals surface area contributed by atoms with Crippen molar-refractivity contribution in [1.82, 2.24) is 0 Å². The number of ketones is 1. The van der Waals surface area contributed by atoms with E-state index in [1.807, 2.05) is 103 Å². The molecule has 126 valence electrons. The molecular weight excluding hydrogens is 320 g/mol. The number of carbonyl (C=O) groups excluding carboxylic acids is 1. The highest BCUT2D eigenvalue weighted by atomic mass is 16.1. The van der Waals surface area contributed by atoms with Crippen molar-refractivity contribution in [3.63, 3.8) is 0 Å². The molecule has 0 radical (unpaired) electrons. The van der Waals surface area contributed by atoms with E-state index in [2.05, 4.69) is 0 Å². The van der Waals surface area contributed by atoms with Crippen molar-refractivity contribution in [2.45, 2.75) is 6.92 Å². The first-order valence-corrected chi connectivity index (χ1v) is 8.55.